The van der Waals surface area contributed by atoms with Crippen LogP contribution in [0, 0.1) is 11.8 Å². The van der Waals surface area contributed by atoms with E-state index in [0.717, 1.165) is 25.5 Å². The number of hydrogen-bond donors (Lipinski definition) is 2. The fraction of sp³-hybridized carbons (Fsp3) is 0.600. The van der Waals surface area contributed by atoms with Gasteiger partial charge < -0.3 is 10.6 Å². The zero-order chi connectivity index (χ0) is 20.4. The van der Waals surface area contributed by atoms with Gasteiger partial charge in [0.05, 0.1) is 0 Å². The van der Waals surface area contributed by atoms with Gasteiger partial charge in [-0.3, -0.25) is 0 Å². The zero-order valence-electron chi connectivity index (χ0n) is 16.3. The van der Waals surface area contributed by atoms with E-state index in [4.69, 9.17) is 0 Å². The van der Waals surface area contributed by atoms with Crippen molar-refractivity contribution in [1.82, 2.24) is 19.9 Å². The van der Waals surface area contributed by atoms with E-state index in [1.54, 1.807) is 0 Å². The van der Waals surface area contributed by atoms with Crippen LogP contribution in [-0.4, -0.2) is 32.5 Å². The van der Waals surface area contributed by atoms with Gasteiger partial charge in [-0.2, -0.15) is 28.1 Å². The Morgan fingerprint density at radius 1 is 1.00 bits per heavy atom. The number of alkyl halides is 3. The molecule has 29 heavy (non-hydrogen) atoms. The van der Waals surface area contributed by atoms with E-state index in [9.17, 15) is 13.2 Å². The fourth-order valence-corrected chi connectivity index (χ4v) is 3.55. The molecule has 2 aromatic heterocycles. The van der Waals surface area contributed by atoms with Gasteiger partial charge in [-0.1, -0.05) is 18.9 Å². The molecule has 0 radical (unpaired) electrons. The van der Waals surface area contributed by atoms with Crippen LogP contribution in [0.25, 0.3) is 11.5 Å². The van der Waals surface area contributed by atoms with E-state index in [0.29, 0.717) is 23.7 Å². The molecule has 1 atom stereocenters. The van der Waals surface area contributed by atoms with E-state index in [2.05, 4.69) is 37.5 Å². The largest absolute Gasteiger partial charge is 0.433 e. The predicted octanol–water partition coefficient (Wildman–Crippen LogP) is 4.76. The molecule has 0 amide bonds. The molecule has 4 rings (SSSR count). The molecule has 0 bridgehead atoms. The molecular formula is C20H25F3N6. The van der Waals surface area contributed by atoms with Crippen LogP contribution >= 0.6 is 0 Å². The molecule has 0 spiro atoms. The summed E-state index contributed by atoms with van der Waals surface area (Å²) in [6.45, 7) is 2.83. The highest BCUT2D eigenvalue weighted by molar-refractivity contribution is 5.54. The van der Waals surface area contributed by atoms with E-state index in [1.807, 2.05) is 0 Å². The van der Waals surface area contributed by atoms with Crippen molar-refractivity contribution in [3.63, 3.8) is 0 Å². The highest BCUT2D eigenvalue weighted by Gasteiger charge is 2.33. The average Bonchev–Trinajstić information content (AvgIpc) is 2.58. The third-order valence-electron chi connectivity index (χ3n) is 5.89. The zero-order valence-corrected chi connectivity index (χ0v) is 16.3. The first kappa shape index (κ1) is 19.8. The summed E-state index contributed by atoms with van der Waals surface area (Å²) in [7, 11) is 0. The minimum Gasteiger partial charge on any atom is -0.354 e. The number of anilines is 2. The Labute approximate surface area is 167 Å². The smallest absolute Gasteiger partial charge is 0.354 e. The van der Waals surface area contributed by atoms with Gasteiger partial charge in [-0.25, -0.2) is 4.98 Å². The Morgan fingerprint density at radius 2 is 1.72 bits per heavy atom. The lowest BCUT2D eigenvalue weighted by Gasteiger charge is -2.32. The third-order valence-corrected chi connectivity index (χ3v) is 5.89. The summed E-state index contributed by atoms with van der Waals surface area (Å²) in [4.78, 5) is 16.9. The number of pyridine rings is 1. The van der Waals surface area contributed by atoms with Crippen LogP contribution in [0.4, 0.5) is 25.1 Å². The maximum Gasteiger partial charge on any atom is 0.433 e. The van der Waals surface area contributed by atoms with Crippen LogP contribution in [-0.2, 0) is 6.18 Å². The van der Waals surface area contributed by atoms with Gasteiger partial charge >= 0.3 is 6.18 Å². The molecule has 9 heteroatoms. The third kappa shape index (κ3) is 4.76. The first-order valence-electron chi connectivity index (χ1n) is 10.2. The van der Waals surface area contributed by atoms with Gasteiger partial charge in [0.15, 0.2) is 5.82 Å². The monoisotopic (exact) mass is 406 g/mol. The highest BCUT2D eigenvalue weighted by atomic mass is 19.4. The highest BCUT2D eigenvalue weighted by Crippen LogP contribution is 2.32. The second kappa shape index (κ2) is 8.12. The van der Waals surface area contributed by atoms with E-state index < -0.39 is 11.9 Å². The summed E-state index contributed by atoms with van der Waals surface area (Å²) in [5, 5.41) is 6.52. The van der Waals surface area contributed by atoms with Crippen LogP contribution in [0.1, 0.15) is 51.1 Å². The molecule has 156 valence electrons. The quantitative estimate of drug-likeness (QED) is 0.690. The number of aromatic nitrogens is 4. The molecule has 0 aromatic carbocycles. The van der Waals surface area contributed by atoms with Crippen molar-refractivity contribution < 1.29 is 13.2 Å². The Kier molecular flexibility index (Phi) is 5.56. The number of halogens is 3. The molecular weight excluding hydrogens is 381 g/mol. The van der Waals surface area contributed by atoms with Crippen LogP contribution < -0.4 is 10.6 Å². The maximum atomic E-state index is 13.1. The Morgan fingerprint density at radius 3 is 2.34 bits per heavy atom. The summed E-state index contributed by atoms with van der Waals surface area (Å²) < 4.78 is 39.2. The molecule has 6 nitrogen and oxygen atoms in total. The van der Waals surface area contributed by atoms with E-state index in [-0.39, 0.29) is 17.6 Å². The molecule has 2 aromatic rings. The second-order valence-electron chi connectivity index (χ2n) is 8.01. The predicted molar refractivity (Wildman–Crippen MR) is 104 cm³/mol. The lowest BCUT2D eigenvalue weighted by Crippen LogP contribution is -2.31. The fourth-order valence-electron chi connectivity index (χ4n) is 3.55. The van der Waals surface area contributed by atoms with Crippen LogP contribution in [0.2, 0.25) is 0 Å². The van der Waals surface area contributed by atoms with Crippen LogP contribution in [0.5, 0.6) is 0 Å². The van der Waals surface area contributed by atoms with E-state index in [1.165, 1.54) is 37.8 Å². The Hall–Kier alpha value is -2.45. The SMILES string of the molecule is C[C@@H](Nc1nc(NCC2CCC2)nc(-c2cccc(C(F)(F)F)n2)n1)C1CCC1. The normalized spacial score (nSPS) is 18.6. The summed E-state index contributed by atoms with van der Waals surface area (Å²) in [5.74, 6) is 2.01. The van der Waals surface area contributed by atoms with Crippen molar-refractivity contribution >= 4 is 11.9 Å². The first-order valence-corrected chi connectivity index (χ1v) is 10.2. The van der Waals surface area contributed by atoms with Crippen molar-refractivity contribution in [1.29, 1.82) is 0 Å². The Bertz CT molecular complexity index is 848. The van der Waals surface area contributed by atoms with Crippen LogP contribution in [0.15, 0.2) is 18.2 Å². The number of hydrogen-bond acceptors (Lipinski definition) is 6. The number of rotatable bonds is 7. The lowest BCUT2D eigenvalue weighted by molar-refractivity contribution is -0.141. The molecule has 0 saturated heterocycles. The van der Waals surface area contributed by atoms with Crippen molar-refractivity contribution in [3.8, 4) is 11.5 Å². The van der Waals surface area contributed by atoms with Crippen molar-refractivity contribution in [3.05, 3.63) is 23.9 Å². The summed E-state index contributed by atoms with van der Waals surface area (Å²) in [6.07, 6.45) is 2.60. The minimum atomic E-state index is -4.52. The van der Waals surface area contributed by atoms with Crippen molar-refractivity contribution in [2.24, 2.45) is 11.8 Å². The molecule has 2 heterocycles. The summed E-state index contributed by atoms with van der Waals surface area (Å²) >= 11 is 0. The molecule has 2 saturated carbocycles. The van der Waals surface area contributed by atoms with Crippen molar-refractivity contribution in [2.45, 2.75) is 57.7 Å². The number of nitrogens with one attached hydrogen (secondary N) is 2. The van der Waals surface area contributed by atoms with Gasteiger partial charge in [0.1, 0.15) is 11.4 Å². The summed E-state index contributed by atoms with van der Waals surface area (Å²) in [5.41, 5.74) is -0.884. The molecule has 2 aliphatic rings. The van der Waals surface area contributed by atoms with Crippen molar-refractivity contribution in [2.75, 3.05) is 17.2 Å². The maximum absolute atomic E-state index is 13.1. The van der Waals surface area contributed by atoms with Gasteiger partial charge in [0.25, 0.3) is 0 Å². The van der Waals surface area contributed by atoms with Crippen LogP contribution in [0.3, 0.4) is 0 Å². The summed E-state index contributed by atoms with van der Waals surface area (Å²) in [6, 6.07) is 3.94. The molecule has 0 aliphatic heterocycles. The molecule has 2 aliphatic carbocycles. The molecule has 2 N–H and O–H groups in total. The van der Waals surface area contributed by atoms with Gasteiger partial charge in [-0.05, 0) is 56.6 Å². The van der Waals surface area contributed by atoms with Gasteiger partial charge in [0.2, 0.25) is 11.9 Å². The standard InChI is InChI=1S/C20H25F3N6/c1-12(14-7-3-8-14)25-19-28-17(15-9-4-10-16(26-15)20(21,22)23)27-18(29-19)24-11-13-5-2-6-13/h4,9-10,12-14H,2-3,5-8,11H2,1H3,(H2,24,25,27,28,29)/t12-/m1/s1. The Balaban J connectivity index is 1.61. The van der Waals surface area contributed by atoms with Gasteiger partial charge in [0, 0.05) is 12.6 Å². The topological polar surface area (TPSA) is 75.6 Å². The minimum absolute atomic E-state index is 0.0771. The average molecular weight is 406 g/mol. The van der Waals surface area contributed by atoms with Gasteiger partial charge in [-0.15, -0.1) is 0 Å². The molecule has 0 unspecified atom stereocenters. The first-order chi connectivity index (χ1) is 13.9. The number of nitrogens with zero attached hydrogens (tertiary/aromatic N) is 4. The van der Waals surface area contributed by atoms with E-state index >= 15 is 0 Å². The second-order valence-corrected chi connectivity index (χ2v) is 8.01. The lowest BCUT2D eigenvalue weighted by atomic mass is 9.80. The molecule has 2 fully saturated rings.